The molecule has 0 radical (unpaired) electrons. The molecule has 0 heterocycles. The molecule has 2 amide bonds. The second-order valence-electron chi connectivity index (χ2n) is 12.5. The second kappa shape index (κ2) is 16.8. The van der Waals surface area contributed by atoms with E-state index in [2.05, 4.69) is 10.6 Å². The first-order valence-electron chi connectivity index (χ1n) is 16.7. The number of halogens is 10. The van der Waals surface area contributed by atoms with Crippen molar-refractivity contribution in [2.75, 3.05) is 10.6 Å². The van der Waals surface area contributed by atoms with E-state index in [4.69, 9.17) is 55.9 Å². The quantitative estimate of drug-likeness (QED) is 0.102. The Bertz CT molecular complexity index is 2340. The van der Waals surface area contributed by atoms with Crippen LogP contribution in [0.3, 0.4) is 0 Å². The standard InChI is InChI=1S/C41H24Cl4F6N2O6/c42-23-17-31(35(54)33(44)19-23)37(56)52-25-5-13-29(14-6-25)58-27-9-1-21(2-10-27)39(40(46,47)48,41(49,50)51)22-3-11-28(12-4-22)59-30-15-7-26(8-16-30)53-38(57)32-18-24(43)20-34(45)36(32)55/h1-20,54-55H,(H,52,56)(H,53,57). The third kappa shape index (κ3) is 9.10. The Kier molecular flexibility index (Phi) is 12.2. The molecule has 59 heavy (non-hydrogen) atoms. The Morgan fingerprint density at radius 3 is 1.05 bits per heavy atom. The minimum absolute atomic E-state index is 0.0939. The molecular weight excluding hydrogens is 872 g/mol. The summed E-state index contributed by atoms with van der Waals surface area (Å²) in [4.78, 5) is 25.3. The Morgan fingerprint density at radius 1 is 0.475 bits per heavy atom. The highest BCUT2D eigenvalue weighted by Gasteiger charge is 2.72. The number of benzene rings is 6. The number of ether oxygens (including phenoxy) is 2. The molecule has 0 atom stereocenters. The highest BCUT2D eigenvalue weighted by Crippen LogP contribution is 2.56. The van der Waals surface area contributed by atoms with Crippen LogP contribution in [0.5, 0.6) is 34.5 Å². The van der Waals surface area contributed by atoms with E-state index in [1.54, 1.807) is 0 Å². The fourth-order valence-electron chi connectivity index (χ4n) is 5.89. The van der Waals surface area contributed by atoms with Crippen molar-refractivity contribution in [3.8, 4) is 34.5 Å². The van der Waals surface area contributed by atoms with Gasteiger partial charge in [-0.25, -0.2) is 0 Å². The smallest absolute Gasteiger partial charge is 0.411 e. The average molecular weight is 896 g/mol. The molecule has 0 spiro atoms. The molecule has 0 bridgehead atoms. The maximum atomic E-state index is 14.8. The van der Waals surface area contributed by atoms with E-state index in [1.807, 2.05) is 0 Å². The number of nitrogens with one attached hydrogen (secondary N) is 2. The van der Waals surface area contributed by atoms with E-state index in [0.717, 1.165) is 24.3 Å². The topological polar surface area (TPSA) is 117 Å². The van der Waals surface area contributed by atoms with E-state index in [1.165, 1.54) is 72.8 Å². The zero-order valence-electron chi connectivity index (χ0n) is 29.4. The molecule has 4 N–H and O–H groups in total. The summed E-state index contributed by atoms with van der Waals surface area (Å²) in [6.45, 7) is 0. The van der Waals surface area contributed by atoms with Crippen LogP contribution in [0, 0.1) is 0 Å². The van der Waals surface area contributed by atoms with Crippen molar-refractivity contribution in [3.63, 3.8) is 0 Å². The van der Waals surface area contributed by atoms with Crippen molar-refractivity contribution in [3.05, 3.63) is 164 Å². The predicted molar refractivity (Wildman–Crippen MR) is 211 cm³/mol. The third-order valence-corrected chi connectivity index (χ3v) is 9.68. The van der Waals surface area contributed by atoms with Gasteiger partial charge in [0.2, 0.25) is 5.41 Å². The van der Waals surface area contributed by atoms with Crippen LogP contribution in [0.4, 0.5) is 37.7 Å². The lowest BCUT2D eigenvalue weighted by Gasteiger charge is -2.38. The molecule has 0 aliphatic rings. The molecule has 6 aromatic rings. The molecule has 304 valence electrons. The number of alkyl halides is 6. The number of carbonyl (C=O) groups excluding carboxylic acids is 2. The first-order chi connectivity index (χ1) is 27.8. The molecule has 0 aliphatic carbocycles. The van der Waals surface area contributed by atoms with Crippen molar-refractivity contribution in [2.24, 2.45) is 0 Å². The Labute approximate surface area is 350 Å². The summed E-state index contributed by atoms with van der Waals surface area (Å²) in [7, 11) is 0. The summed E-state index contributed by atoms with van der Waals surface area (Å²) in [6.07, 6.45) is -11.7. The maximum absolute atomic E-state index is 14.8. The fraction of sp³-hybridized carbons (Fsp3) is 0.0732. The number of rotatable bonds is 10. The number of hydrogen-bond acceptors (Lipinski definition) is 6. The molecule has 0 saturated carbocycles. The summed E-state index contributed by atoms with van der Waals surface area (Å²) in [5.74, 6) is -2.39. The number of carbonyl (C=O) groups is 2. The van der Waals surface area contributed by atoms with Crippen LogP contribution in [0.15, 0.2) is 121 Å². The van der Waals surface area contributed by atoms with Crippen LogP contribution >= 0.6 is 46.4 Å². The van der Waals surface area contributed by atoms with Crippen molar-refractivity contribution in [1.29, 1.82) is 0 Å². The maximum Gasteiger partial charge on any atom is 0.411 e. The lowest BCUT2D eigenvalue weighted by Crippen LogP contribution is -2.54. The van der Waals surface area contributed by atoms with Gasteiger partial charge in [0.1, 0.15) is 34.5 Å². The SMILES string of the molecule is O=C(Nc1ccc(Oc2ccc(C(c3ccc(Oc4ccc(NC(=O)c5cc(Cl)cc(Cl)c5O)cc4)cc3)(C(F)(F)F)C(F)(F)F)cc2)cc1)c1cc(Cl)cc(Cl)c1O. The van der Waals surface area contributed by atoms with Gasteiger partial charge in [0.05, 0.1) is 21.2 Å². The average Bonchev–Trinajstić information content (AvgIpc) is 3.16. The van der Waals surface area contributed by atoms with Crippen LogP contribution < -0.4 is 20.1 Å². The van der Waals surface area contributed by atoms with Crippen molar-refractivity contribution < 1.29 is 55.6 Å². The van der Waals surface area contributed by atoms with E-state index in [0.29, 0.717) is 24.3 Å². The highest BCUT2D eigenvalue weighted by atomic mass is 35.5. The molecular formula is C41H24Cl4F6N2O6. The number of aromatic hydroxyl groups is 2. The monoisotopic (exact) mass is 894 g/mol. The Hall–Kier alpha value is -5.80. The predicted octanol–water partition coefficient (Wildman–Crippen LogP) is 13.2. The van der Waals surface area contributed by atoms with Crippen LogP contribution in [0.25, 0.3) is 0 Å². The van der Waals surface area contributed by atoms with E-state index in [-0.39, 0.29) is 65.6 Å². The Balaban J connectivity index is 1.16. The van der Waals surface area contributed by atoms with Crippen molar-refractivity contribution in [2.45, 2.75) is 17.8 Å². The third-order valence-electron chi connectivity index (χ3n) is 8.67. The van der Waals surface area contributed by atoms with Gasteiger partial charge in [0, 0.05) is 21.4 Å². The van der Waals surface area contributed by atoms with E-state index in [9.17, 15) is 46.1 Å². The molecule has 6 aromatic carbocycles. The lowest BCUT2D eigenvalue weighted by molar-refractivity contribution is -0.288. The van der Waals surface area contributed by atoms with Crippen LogP contribution in [0.2, 0.25) is 20.1 Å². The van der Waals surface area contributed by atoms with Crippen LogP contribution in [0.1, 0.15) is 31.8 Å². The number of phenols is 2. The molecule has 0 aliphatic heterocycles. The molecule has 0 aromatic heterocycles. The van der Waals surface area contributed by atoms with Gasteiger partial charge >= 0.3 is 12.4 Å². The number of anilines is 2. The Morgan fingerprint density at radius 2 is 0.763 bits per heavy atom. The van der Waals surface area contributed by atoms with Crippen LogP contribution in [-0.2, 0) is 5.41 Å². The first kappa shape index (κ1) is 42.8. The fourth-order valence-corrected chi connectivity index (χ4v) is 6.87. The minimum Gasteiger partial charge on any atom is -0.506 e. The highest BCUT2D eigenvalue weighted by molar-refractivity contribution is 6.37. The molecule has 18 heteroatoms. The van der Waals surface area contributed by atoms with E-state index < -0.39 is 52.2 Å². The van der Waals surface area contributed by atoms with Gasteiger partial charge in [-0.3, -0.25) is 9.59 Å². The van der Waals surface area contributed by atoms with Gasteiger partial charge < -0.3 is 30.3 Å². The van der Waals surface area contributed by atoms with Gasteiger partial charge in [0.15, 0.2) is 0 Å². The number of phenolic OH excluding ortho intramolecular Hbond substituents is 2. The molecule has 0 saturated heterocycles. The van der Waals surface area contributed by atoms with E-state index >= 15 is 0 Å². The summed E-state index contributed by atoms with van der Waals surface area (Å²) >= 11 is 23.6. The van der Waals surface area contributed by atoms with Crippen molar-refractivity contribution >= 4 is 69.6 Å². The summed E-state index contributed by atoms with van der Waals surface area (Å²) < 4.78 is 100. The normalized spacial score (nSPS) is 11.8. The molecule has 0 fully saturated rings. The zero-order valence-corrected chi connectivity index (χ0v) is 32.4. The minimum atomic E-state index is -5.86. The molecule has 6 rings (SSSR count). The molecule has 0 unspecified atom stereocenters. The number of hydrogen-bond donors (Lipinski definition) is 4. The van der Waals surface area contributed by atoms with Gasteiger partial charge in [-0.1, -0.05) is 70.7 Å². The summed E-state index contributed by atoms with van der Waals surface area (Å²) in [6, 6.07) is 22.5. The lowest BCUT2D eigenvalue weighted by atomic mass is 9.73. The second-order valence-corrected chi connectivity index (χ2v) is 14.2. The van der Waals surface area contributed by atoms with Gasteiger partial charge in [0.25, 0.3) is 11.8 Å². The summed E-state index contributed by atoms with van der Waals surface area (Å²) in [5.41, 5.74) is -6.63. The number of amides is 2. The zero-order chi connectivity index (χ0) is 42.9. The van der Waals surface area contributed by atoms with Gasteiger partial charge in [-0.05, 0) is 108 Å². The van der Waals surface area contributed by atoms with Crippen molar-refractivity contribution in [1.82, 2.24) is 0 Å². The van der Waals surface area contributed by atoms with Gasteiger partial charge in [-0.15, -0.1) is 0 Å². The first-order valence-corrected chi connectivity index (χ1v) is 18.2. The molecule has 8 nitrogen and oxygen atoms in total. The van der Waals surface area contributed by atoms with Crippen LogP contribution in [-0.4, -0.2) is 34.4 Å². The summed E-state index contributed by atoms with van der Waals surface area (Å²) in [5, 5.41) is 25.2. The van der Waals surface area contributed by atoms with Gasteiger partial charge in [-0.2, -0.15) is 26.3 Å². The largest absolute Gasteiger partial charge is 0.506 e.